The molecule has 92 valence electrons. The zero-order chi connectivity index (χ0) is 12.3. The van der Waals surface area contributed by atoms with Crippen molar-refractivity contribution in [3.63, 3.8) is 0 Å². The van der Waals surface area contributed by atoms with Crippen LogP contribution < -0.4 is 10.1 Å². The van der Waals surface area contributed by atoms with Gasteiger partial charge in [-0.25, -0.2) is 0 Å². The van der Waals surface area contributed by atoms with Crippen molar-refractivity contribution in [2.45, 2.75) is 20.1 Å². The van der Waals surface area contributed by atoms with Crippen molar-refractivity contribution in [3.05, 3.63) is 35.5 Å². The van der Waals surface area contributed by atoms with E-state index in [2.05, 4.69) is 10.4 Å². The Hall–Kier alpha value is -1.75. The summed E-state index contributed by atoms with van der Waals surface area (Å²) in [4.78, 5) is 0. The van der Waals surface area contributed by atoms with Crippen LogP contribution in [0.2, 0.25) is 0 Å². The third kappa shape index (κ3) is 2.88. The van der Waals surface area contributed by atoms with Crippen LogP contribution in [0.3, 0.4) is 0 Å². The first kappa shape index (κ1) is 11.7. The molecule has 2 aromatic rings. The van der Waals surface area contributed by atoms with Crippen LogP contribution in [0.5, 0.6) is 5.75 Å². The van der Waals surface area contributed by atoms with E-state index in [0.29, 0.717) is 6.61 Å². The van der Waals surface area contributed by atoms with Crippen LogP contribution in [0.4, 0.5) is 0 Å². The van der Waals surface area contributed by atoms with Crippen LogP contribution in [-0.2, 0) is 20.2 Å². The van der Waals surface area contributed by atoms with Gasteiger partial charge in [0.2, 0.25) is 0 Å². The summed E-state index contributed by atoms with van der Waals surface area (Å²) in [6, 6.07) is 2.00. The van der Waals surface area contributed by atoms with E-state index in [1.807, 2.05) is 33.3 Å². The number of hydrogen-bond acceptors (Lipinski definition) is 4. The zero-order valence-corrected chi connectivity index (χ0v) is 10.4. The standard InChI is InChI=1S/C12H17N3O2/c1-9-4-10(17-12(9)6-13-2)8-16-11-5-14-15(3)7-11/h4-5,7,13H,6,8H2,1-3H3. The third-order valence-electron chi connectivity index (χ3n) is 2.47. The van der Waals surface area contributed by atoms with E-state index in [1.54, 1.807) is 10.9 Å². The van der Waals surface area contributed by atoms with Crippen molar-refractivity contribution in [2.24, 2.45) is 7.05 Å². The number of aromatic nitrogens is 2. The predicted molar refractivity (Wildman–Crippen MR) is 63.7 cm³/mol. The van der Waals surface area contributed by atoms with Crippen molar-refractivity contribution < 1.29 is 9.15 Å². The van der Waals surface area contributed by atoms with E-state index in [0.717, 1.165) is 29.4 Å². The molecule has 2 aromatic heterocycles. The molecule has 0 atom stereocenters. The predicted octanol–water partition coefficient (Wildman–Crippen LogP) is 1.62. The molecule has 0 aliphatic heterocycles. The SMILES string of the molecule is CNCc1oc(COc2cnn(C)c2)cc1C. The minimum Gasteiger partial charge on any atom is -0.482 e. The summed E-state index contributed by atoms with van der Waals surface area (Å²) >= 11 is 0. The Balaban J connectivity index is 1.97. The largest absolute Gasteiger partial charge is 0.482 e. The molecule has 2 heterocycles. The molecule has 0 aliphatic carbocycles. The number of nitrogens with zero attached hydrogens (tertiary/aromatic N) is 2. The summed E-state index contributed by atoms with van der Waals surface area (Å²) < 4.78 is 12.9. The van der Waals surface area contributed by atoms with E-state index < -0.39 is 0 Å². The van der Waals surface area contributed by atoms with Gasteiger partial charge in [0.1, 0.15) is 18.1 Å². The van der Waals surface area contributed by atoms with E-state index in [1.165, 1.54) is 0 Å². The molecule has 1 N–H and O–H groups in total. The van der Waals surface area contributed by atoms with Crippen LogP contribution in [0, 0.1) is 6.92 Å². The van der Waals surface area contributed by atoms with Crippen LogP contribution in [0.1, 0.15) is 17.1 Å². The van der Waals surface area contributed by atoms with Gasteiger partial charge < -0.3 is 14.5 Å². The Morgan fingerprint density at radius 3 is 3.00 bits per heavy atom. The van der Waals surface area contributed by atoms with Crippen LogP contribution in [-0.4, -0.2) is 16.8 Å². The molecule has 0 amide bonds. The van der Waals surface area contributed by atoms with Crippen LogP contribution >= 0.6 is 0 Å². The molecule has 0 aromatic carbocycles. The molecular weight excluding hydrogens is 218 g/mol. The summed E-state index contributed by atoms with van der Waals surface area (Å²) in [5.74, 6) is 2.53. The van der Waals surface area contributed by atoms with Crippen molar-refractivity contribution >= 4 is 0 Å². The molecule has 0 radical (unpaired) electrons. The van der Waals surface area contributed by atoms with Gasteiger partial charge in [0.25, 0.3) is 0 Å². The second-order valence-electron chi connectivity index (χ2n) is 3.99. The van der Waals surface area contributed by atoms with Gasteiger partial charge in [-0.15, -0.1) is 0 Å². The number of aryl methyl sites for hydroxylation is 2. The lowest BCUT2D eigenvalue weighted by atomic mass is 10.2. The fourth-order valence-corrected chi connectivity index (χ4v) is 1.63. The average molecular weight is 235 g/mol. The molecule has 0 spiro atoms. The Morgan fingerprint density at radius 2 is 2.35 bits per heavy atom. The first-order valence-corrected chi connectivity index (χ1v) is 5.53. The molecule has 5 nitrogen and oxygen atoms in total. The van der Waals surface area contributed by atoms with Crippen LogP contribution in [0.15, 0.2) is 22.9 Å². The van der Waals surface area contributed by atoms with Crippen molar-refractivity contribution in [1.29, 1.82) is 0 Å². The molecular formula is C12H17N3O2. The number of nitrogens with one attached hydrogen (secondary N) is 1. The van der Waals surface area contributed by atoms with Gasteiger partial charge in [-0.2, -0.15) is 5.10 Å². The maximum atomic E-state index is 5.67. The smallest absolute Gasteiger partial charge is 0.157 e. The third-order valence-corrected chi connectivity index (χ3v) is 2.47. The van der Waals surface area contributed by atoms with Gasteiger partial charge in [0.05, 0.1) is 18.9 Å². The number of hydrogen-bond donors (Lipinski definition) is 1. The minimum absolute atomic E-state index is 0.427. The number of furan rings is 1. The maximum Gasteiger partial charge on any atom is 0.157 e. The number of ether oxygens (including phenoxy) is 1. The highest BCUT2D eigenvalue weighted by molar-refractivity contribution is 5.20. The summed E-state index contributed by atoms with van der Waals surface area (Å²) in [5, 5.41) is 7.10. The van der Waals surface area contributed by atoms with Crippen molar-refractivity contribution in [1.82, 2.24) is 15.1 Å². The van der Waals surface area contributed by atoms with Crippen molar-refractivity contribution in [3.8, 4) is 5.75 Å². The van der Waals surface area contributed by atoms with E-state index in [-0.39, 0.29) is 0 Å². The zero-order valence-electron chi connectivity index (χ0n) is 10.4. The summed E-state index contributed by atoms with van der Waals surface area (Å²) in [5.41, 5.74) is 1.14. The summed E-state index contributed by atoms with van der Waals surface area (Å²) in [6.45, 7) is 3.19. The van der Waals surface area contributed by atoms with Gasteiger partial charge in [0.15, 0.2) is 5.75 Å². The molecule has 17 heavy (non-hydrogen) atoms. The molecule has 5 heteroatoms. The molecule has 0 unspecified atom stereocenters. The Kier molecular flexibility index (Phi) is 3.49. The lowest BCUT2D eigenvalue weighted by Gasteiger charge is -2.00. The second kappa shape index (κ2) is 5.05. The molecule has 0 saturated heterocycles. The van der Waals surface area contributed by atoms with E-state index in [9.17, 15) is 0 Å². The molecule has 2 rings (SSSR count). The highest BCUT2D eigenvalue weighted by Gasteiger charge is 2.07. The van der Waals surface area contributed by atoms with Gasteiger partial charge in [0, 0.05) is 7.05 Å². The topological polar surface area (TPSA) is 52.2 Å². The van der Waals surface area contributed by atoms with E-state index in [4.69, 9.17) is 9.15 Å². The summed E-state index contributed by atoms with van der Waals surface area (Å²) in [7, 11) is 3.75. The Bertz CT molecular complexity index is 488. The van der Waals surface area contributed by atoms with Gasteiger partial charge in [-0.05, 0) is 25.6 Å². The highest BCUT2D eigenvalue weighted by atomic mass is 16.5. The Labute approximate surface area is 100 Å². The first-order valence-electron chi connectivity index (χ1n) is 5.53. The Morgan fingerprint density at radius 1 is 1.53 bits per heavy atom. The van der Waals surface area contributed by atoms with Gasteiger partial charge in [-0.3, -0.25) is 4.68 Å². The van der Waals surface area contributed by atoms with Gasteiger partial charge >= 0.3 is 0 Å². The average Bonchev–Trinajstić information content (AvgIpc) is 2.84. The van der Waals surface area contributed by atoms with E-state index >= 15 is 0 Å². The van der Waals surface area contributed by atoms with Crippen molar-refractivity contribution in [2.75, 3.05) is 7.05 Å². The first-order chi connectivity index (χ1) is 8.19. The monoisotopic (exact) mass is 235 g/mol. The quantitative estimate of drug-likeness (QED) is 0.855. The normalized spacial score (nSPS) is 10.8. The fraction of sp³-hybridized carbons (Fsp3) is 0.417. The number of rotatable bonds is 5. The van der Waals surface area contributed by atoms with Gasteiger partial charge in [-0.1, -0.05) is 0 Å². The molecule has 0 saturated carbocycles. The summed E-state index contributed by atoms with van der Waals surface area (Å²) in [6.07, 6.45) is 3.51. The second-order valence-corrected chi connectivity index (χ2v) is 3.99. The molecule has 0 fully saturated rings. The molecule has 0 aliphatic rings. The molecule has 0 bridgehead atoms. The lowest BCUT2D eigenvalue weighted by molar-refractivity contribution is 0.265. The minimum atomic E-state index is 0.427. The lowest BCUT2D eigenvalue weighted by Crippen LogP contribution is -2.04. The fourth-order valence-electron chi connectivity index (χ4n) is 1.63. The van der Waals surface area contributed by atoms with Crippen LogP contribution in [0.25, 0.3) is 0 Å². The highest BCUT2D eigenvalue weighted by Crippen LogP contribution is 2.17. The maximum absolute atomic E-state index is 5.67.